The van der Waals surface area contributed by atoms with Crippen molar-refractivity contribution < 1.29 is 4.79 Å². The summed E-state index contributed by atoms with van der Waals surface area (Å²) in [6.07, 6.45) is 1.52. The van der Waals surface area contributed by atoms with Crippen LogP contribution in [0.3, 0.4) is 0 Å². The molecule has 5 heteroatoms. The Hall–Kier alpha value is -0.680. The Morgan fingerprint density at radius 1 is 1.33 bits per heavy atom. The standard InChI is InChI=1S/C16H17BrClNOS/c1-19(8-6-13-3-2-10-21-13)9-7-16(20)14-5-4-12(17)11-15(14)18/h2-5,10-11H,6-9H2,1H3. The first-order valence-electron chi connectivity index (χ1n) is 6.75. The van der Waals surface area contributed by atoms with Gasteiger partial charge in [0.1, 0.15) is 0 Å². The fourth-order valence-electron chi connectivity index (χ4n) is 2.01. The van der Waals surface area contributed by atoms with E-state index in [9.17, 15) is 4.79 Å². The summed E-state index contributed by atoms with van der Waals surface area (Å²) in [5.41, 5.74) is 0.603. The van der Waals surface area contributed by atoms with E-state index in [1.54, 1.807) is 23.5 Å². The fraction of sp³-hybridized carbons (Fsp3) is 0.312. The maximum Gasteiger partial charge on any atom is 0.165 e. The van der Waals surface area contributed by atoms with E-state index >= 15 is 0 Å². The van der Waals surface area contributed by atoms with E-state index in [4.69, 9.17) is 11.6 Å². The number of hydrogen-bond donors (Lipinski definition) is 0. The van der Waals surface area contributed by atoms with Crippen LogP contribution in [-0.4, -0.2) is 30.8 Å². The molecule has 0 aliphatic carbocycles. The monoisotopic (exact) mass is 385 g/mol. The maximum atomic E-state index is 12.2. The van der Waals surface area contributed by atoms with Crippen LogP contribution in [0.4, 0.5) is 0 Å². The third-order valence-electron chi connectivity index (χ3n) is 3.27. The Morgan fingerprint density at radius 2 is 2.14 bits per heavy atom. The van der Waals surface area contributed by atoms with Gasteiger partial charge < -0.3 is 4.90 Å². The van der Waals surface area contributed by atoms with Crippen LogP contribution in [0.5, 0.6) is 0 Å². The Balaban J connectivity index is 1.80. The van der Waals surface area contributed by atoms with Crippen molar-refractivity contribution in [1.29, 1.82) is 0 Å². The van der Waals surface area contributed by atoms with E-state index in [0.717, 1.165) is 24.0 Å². The van der Waals surface area contributed by atoms with Crippen LogP contribution >= 0.6 is 38.9 Å². The van der Waals surface area contributed by atoms with E-state index in [1.807, 2.05) is 13.1 Å². The second-order valence-corrected chi connectivity index (χ2v) is 7.29. The summed E-state index contributed by atoms with van der Waals surface area (Å²) >= 11 is 11.2. The smallest absolute Gasteiger partial charge is 0.165 e. The quantitative estimate of drug-likeness (QED) is 0.630. The number of likely N-dealkylation sites (N-methyl/N-ethyl adjacent to an activating group) is 1. The summed E-state index contributed by atoms with van der Waals surface area (Å²) in [7, 11) is 2.05. The highest BCUT2D eigenvalue weighted by atomic mass is 79.9. The zero-order valence-corrected chi connectivity index (χ0v) is 15.0. The molecule has 2 nitrogen and oxygen atoms in total. The van der Waals surface area contributed by atoms with Crippen molar-refractivity contribution in [3.8, 4) is 0 Å². The number of hydrogen-bond acceptors (Lipinski definition) is 3. The van der Waals surface area contributed by atoms with Gasteiger partial charge in [-0.25, -0.2) is 0 Å². The van der Waals surface area contributed by atoms with Gasteiger partial charge >= 0.3 is 0 Å². The van der Waals surface area contributed by atoms with Crippen LogP contribution in [-0.2, 0) is 6.42 Å². The van der Waals surface area contributed by atoms with Crippen LogP contribution < -0.4 is 0 Å². The minimum atomic E-state index is 0.0930. The molecule has 21 heavy (non-hydrogen) atoms. The number of thiophene rings is 1. The Morgan fingerprint density at radius 3 is 2.81 bits per heavy atom. The Kier molecular flexibility index (Phi) is 6.42. The highest BCUT2D eigenvalue weighted by molar-refractivity contribution is 9.10. The molecule has 0 saturated heterocycles. The van der Waals surface area contributed by atoms with E-state index in [0.29, 0.717) is 17.0 Å². The summed E-state index contributed by atoms with van der Waals surface area (Å²) in [6, 6.07) is 9.60. The van der Waals surface area contributed by atoms with Gasteiger partial charge in [0, 0.05) is 34.4 Å². The zero-order chi connectivity index (χ0) is 15.2. The van der Waals surface area contributed by atoms with E-state index in [2.05, 4.69) is 38.3 Å². The molecule has 0 bridgehead atoms. The minimum Gasteiger partial charge on any atom is -0.306 e. The molecule has 1 aromatic heterocycles. The van der Waals surface area contributed by atoms with Crippen molar-refractivity contribution in [1.82, 2.24) is 4.90 Å². The lowest BCUT2D eigenvalue weighted by molar-refractivity contribution is 0.0969. The molecule has 112 valence electrons. The first-order valence-corrected chi connectivity index (χ1v) is 8.80. The molecule has 1 heterocycles. The number of halogens is 2. The number of carbonyl (C=O) groups is 1. The van der Waals surface area contributed by atoms with Crippen LogP contribution in [0.1, 0.15) is 21.7 Å². The van der Waals surface area contributed by atoms with Crippen molar-refractivity contribution in [3.63, 3.8) is 0 Å². The van der Waals surface area contributed by atoms with Crippen molar-refractivity contribution in [2.75, 3.05) is 20.1 Å². The molecule has 0 saturated carbocycles. The SMILES string of the molecule is CN(CCC(=O)c1ccc(Br)cc1Cl)CCc1cccs1. The minimum absolute atomic E-state index is 0.0930. The summed E-state index contributed by atoms with van der Waals surface area (Å²) in [6.45, 7) is 1.71. The number of rotatable bonds is 7. The first-order chi connectivity index (χ1) is 10.1. The second kappa shape index (κ2) is 8.08. The molecule has 0 fully saturated rings. The molecular weight excluding hydrogens is 370 g/mol. The third kappa shape index (κ3) is 5.22. The summed E-state index contributed by atoms with van der Waals surface area (Å²) < 4.78 is 0.886. The first kappa shape index (κ1) is 16.7. The van der Waals surface area contributed by atoms with Gasteiger partial charge in [0.25, 0.3) is 0 Å². The topological polar surface area (TPSA) is 20.3 Å². The van der Waals surface area contributed by atoms with Gasteiger partial charge in [-0.1, -0.05) is 33.6 Å². The van der Waals surface area contributed by atoms with Crippen LogP contribution in [0, 0.1) is 0 Å². The largest absolute Gasteiger partial charge is 0.306 e. The summed E-state index contributed by atoms with van der Waals surface area (Å²) in [5, 5.41) is 2.60. The second-order valence-electron chi connectivity index (χ2n) is 4.93. The predicted octanol–water partition coefficient (Wildman–Crippen LogP) is 4.91. The zero-order valence-electron chi connectivity index (χ0n) is 11.8. The van der Waals surface area contributed by atoms with Crippen LogP contribution in [0.25, 0.3) is 0 Å². The number of nitrogens with zero attached hydrogens (tertiary/aromatic N) is 1. The van der Waals surface area contributed by atoms with Gasteiger partial charge in [-0.3, -0.25) is 4.79 Å². The van der Waals surface area contributed by atoms with Crippen LogP contribution in [0.15, 0.2) is 40.2 Å². The van der Waals surface area contributed by atoms with Gasteiger partial charge in [-0.05, 0) is 43.1 Å². The number of carbonyl (C=O) groups excluding carboxylic acids is 1. The lowest BCUT2D eigenvalue weighted by Gasteiger charge is -2.15. The van der Waals surface area contributed by atoms with E-state index in [1.165, 1.54) is 4.88 Å². The Bertz CT molecular complexity index is 600. The molecule has 0 atom stereocenters. The fourth-order valence-corrected chi connectivity index (χ4v) is 3.49. The average molecular weight is 387 g/mol. The Labute approximate surface area is 142 Å². The molecule has 0 unspecified atom stereocenters. The van der Waals surface area contributed by atoms with Crippen molar-refractivity contribution in [2.45, 2.75) is 12.8 Å². The van der Waals surface area contributed by atoms with Crippen molar-refractivity contribution >= 4 is 44.7 Å². The van der Waals surface area contributed by atoms with Gasteiger partial charge in [0.2, 0.25) is 0 Å². The normalized spacial score (nSPS) is 11.0. The summed E-state index contributed by atoms with van der Waals surface area (Å²) in [5.74, 6) is 0.0930. The molecule has 2 aromatic rings. The van der Waals surface area contributed by atoms with Gasteiger partial charge in [0.05, 0.1) is 5.02 Å². The number of Topliss-reactive ketones (excluding diaryl/α,β-unsaturated/α-hetero) is 1. The highest BCUT2D eigenvalue weighted by Gasteiger charge is 2.11. The molecule has 0 aliphatic heterocycles. The van der Waals surface area contributed by atoms with Gasteiger partial charge in [-0.2, -0.15) is 0 Å². The number of benzene rings is 1. The molecule has 2 rings (SSSR count). The summed E-state index contributed by atoms with van der Waals surface area (Å²) in [4.78, 5) is 15.8. The third-order valence-corrected chi connectivity index (χ3v) is 5.01. The van der Waals surface area contributed by atoms with Gasteiger partial charge in [0.15, 0.2) is 5.78 Å². The van der Waals surface area contributed by atoms with Crippen molar-refractivity contribution in [2.24, 2.45) is 0 Å². The number of ketones is 1. The lowest BCUT2D eigenvalue weighted by atomic mass is 10.1. The molecule has 0 radical (unpaired) electrons. The predicted molar refractivity (Wildman–Crippen MR) is 93.6 cm³/mol. The van der Waals surface area contributed by atoms with Crippen molar-refractivity contribution in [3.05, 3.63) is 55.6 Å². The molecule has 0 amide bonds. The molecule has 1 aromatic carbocycles. The van der Waals surface area contributed by atoms with Gasteiger partial charge in [-0.15, -0.1) is 11.3 Å². The molecule has 0 aliphatic rings. The van der Waals surface area contributed by atoms with E-state index in [-0.39, 0.29) is 5.78 Å². The van der Waals surface area contributed by atoms with E-state index < -0.39 is 0 Å². The van der Waals surface area contributed by atoms with Crippen LogP contribution in [0.2, 0.25) is 5.02 Å². The lowest BCUT2D eigenvalue weighted by Crippen LogP contribution is -2.24. The molecule has 0 N–H and O–H groups in total. The molecular formula is C16H17BrClNOS. The maximum absolute atomic E-state index is 12.2. The average Bonchev–Trinajstić information content (AvgIpc) is 2.95. The highest BCUT2D eigenvalue weighted by Crippen LogP contribution is 2.22. The molecule has 0 spiro atoms.